The normalized spacial score (nSPS) is 13.4. The number of rotatable bonds is 5. The van der Waals surface area contributed by atoms with Crippen molar-refractivity contribution < 1.29 is 4.42 Å². The van der Waals surface area contributed by atoms with Crippen LogP contribution in [0.1, 0.15) is 51.6 Å². The molecule has 0 bridgehead atoms. The summed E-state index contributed by atoms with van der Waals surface area (Å²) >= 11 is 0. The second kappa shape index (κ2) is 12.2. The minimum atomic E-state index is -0.313. The molecule has 0 saturated carbocycles. The van der Waals surface area contributed by atoms with E-state index in [-0.39, 0.29) is 11.3 Å². The van der Waals surface area contributed by atoms with Gasteiger partial charge in [-0.25, -0.2) is 0 Å². The predicted molar refractivity (Wildman–Crippen MR) is 213 cm³/mol. The van der Waals surface area contributed by atoms with Gasteiger partial charge in [-0.1, -0.05) is 164 Å². The van der Waals surface area contributed by atoms with Crippen LogP contribution in [0.15, 0.2) is 168 Å². The summed E-state index contributed by atoms with van der Waals surface area (Å²) in [6.45, 7) is 2.04. The number of furan rings is 1. The van der Waals surface area contributed by atoms with Gasteiger partial charge < -0.3 is 10.2 Å². The number of hydrogen-bond donors (Lipinski definition) is 2. The minimum absolute atomic E-state index is 0.121. The largest absolute Gasteiger partial charge is 0.460 e. The second-order valence-corrected chi connectivity index (χ2v) is 13.3. The summed E-state index contributed by atoms with van der Waals surface area (Å²) in [6.07, 6.45) is 9.13. The van der Waals surface area contributed by atoms with E-state index in [9.17, 15) is 0 Å². The molecule has 7 aromatic carbocycles. The topological polar surface area (TPSA) is 63.0 Å². The van der Waals surface area contributed by atoms with Gasteiger partial charge in [-0.05, 0) is 73.5 Å². The number of nitrogens with two attached hydrogens (primary N) is 1. The number of nitrogen functional groups attached to an aromatic ring is 1. The van der Waals surface area contributed by atoms with E-state index in [0.29, 0.717) is 0 Å². The zero-order valence-electron chi connectivity index (χ0n) is 28.4. The zero-order chi connectivity index (χ0) is 34.5. The maximum atomic E-state index is 7.01. The molecule has 51 heavy (non-hydrogen) atoms. The van der Waals surface area contributed by atoms with Crippen LogP contribution < -0.4 is 5.73 Å². The van der Waals surface area contributed by atoms with Crippen molar-refractivity contribution in [2.75, 3.05) is 0 Å². The molecule has 1 heterocycles. The fourth-order valence-corrected chi connectivity index (χ4v) is 8.44. The lowest BCUT2D eigenvalue weighted by Crippen LogP contribution is -2.26. The highest BCUT2D eigenvalue weighted by Gasteiger charge is 2.50. The SMILES string of the molecule is C/C=C/C=C\c1c(Cc2ccc3c(c2)-c2ccccc2C32c3cccc4ccc5cccc2c5c34)oc2ccccc12.N=C(N)c1ccccc1. The van der Waals surface area contributed by atoms with Crippen molar-refractivity contribution in [3.8, 4) is 11.1 Å². The first-order valence-corrected chi connectivity index (χ1v) is 17.5. The van der Waals surface area contributed by atoms with Gasteiger partial charge in [0, 0.05) is 22.9 Å². The standard InChI is InChI=1S/C41H28O.C7H8N2/c1-2-3-4-14-31-30-15-6-8-19-37(30)42-38(31)25-26-20-23-34-32(24-26)29-13-5-7-16-33(29)41(34)35-17-9-11-27-21-22-28-12-10-18-36(41)40(28)39(27)35;8-7(9)6-4-2-1-3-5-6/h2-24H,25H2,1H3;1-5H,(H3,8,9)/b3-2+,14-4-;. The first-order valence-electron chi connectivity index (χ1n) is 17.5. The lowest BCUT2D eigenvalue weighted by atomic mass is 9.70. The number of benzene rings is 7. The smallest absolute Gasteiger partial charge is 0.134 e. The number of allylic oxidation sites excluding steroid dienone is 3. The molecule has 10 rings (SSSR count). The molecule has 3 N–H and O–H groups in total. The Bertz CT molecular complexity index is 2650. The van der Waals surface area contributed by atoms with Crippen LogP contribution in [0, 0.1) is 5.41 Å². The molecule has 0 saturated heterocycles. The molecule has 3 nitrogen and oxygen atoms in total. The van der Waals surface area contributed by atoms with Gasteiger partial charge in [0.1, 0.15) is 17.2 Å². The number of nitrogens with one attached hydrogen (secondary N) is 1. The van der Waals surface area contributed by atoms with Crippen LogP contribution in [-0.4, -0.2) is 5.84 Å². The Balaban J connectivity index is 0.000000340. The minimum Gasteiger partial charge on any atom is -0.460 e. The average Bonchev–Trinajstić information content (AvgIpc) is 3.79. The van der Waals surface area contributed by atoms with Gasteiger partial charge in [0.15, 0.2) is 0 Å². The van der Waals surface area contributed by atoms with Crippen molar-refractivity contribution in [3.05, 3.63) is 209 Å². The summed E-state index contributed by atoms with van der Waals surface area (Å²) in [5.74, 6) is 1.12. The summed E-state index contributed by atoms with van der Waals surface area (Å²) in [4.78, 5) is 0. The highest BCUT2D eigenvalue weighted by molar-refractivity contribution is 6.17. The molecule has 8 aromatic rings. The maximum absolute atomic E-state index is 7.01. The van der Waals surface area contributed by atoms with Crippen molar-refractivity contribution in [2.24, 2.45) is 5.73 Å². The van der Waals surface area contributed by atoms with Gasteiger partial charge in [-0.15, -0.1) is 0 Å². The third-order valence-electron chi connectivity index (χ3n) is 10.5. The third-order valence-corrected chi connectivity index (χ3v) is 10.5. The molecule has 3 heteroatoms. The van der Waals surface area contributed by atoms with E-state index < -0.39 is 0 Å². The summed E-state index contributed by atoms with van der Waals surface area (Å²) < 4.78 is 6.46. The summed E-state index contributed by atoms with van der Waals surface area (Å²) in [6, 6.07) is 52.0. The van der Waals surface area contributed by atoms with Crippen LogP contribution in [-0.2, 0) is 11.8 Å². The highest BCUT2D eigenvalue weighted by atomic mass is 16.3. The van der Waals surface area contributed by atoms with Crippen LogP contribution in [0.4, 0.5) is 0 Å². The lowest BCUT2D eigenvalue weighted by Gasteiger charge is -2.30. The van der Waals surface area contributed by atoms with E-state index >= 15 is 0 Å². The van der Waals surface area contributed by atoms with Gasteiger partial charge in [0.2, 0.25) is 0 Å². The summed E-state index contributed by atoms with van der Waals surface area (Å²) in [5.41, 5.74) is 17.2. The number of hydrogen-bond acceptors (Lipinski definition) is 2. The van der Waals surface area contributed by atoms with Crippen LogP contribution in [0.5, 0.6) is 0 Å². The van der Waals surface area contributed by atoms with Crippen molar-refractivity contribution in [1.29, 1.82) is 5.41 Å². The first kappa shape index (κ1) is 30.6. The van der Waals surface area contributed by atoms with Crippen molar-refractivity contribution >= 4 is 44.4 Å². The molecule has 0 fully saturated rings. The average molecular weight is 657 g/mol. The molecular formula is C48H36N2O. The van der Waals surface area contributed by atoms with Gasteiger partial charge in [-0.2, -0.15) is 0 Å². The first-order chi connectivity index (χ1) is 25.1. The Morgan fingerprint density at radius 1 is 0.647 bits per heavy atom. The van der Waals surface area contributed by atoms with Crippen LogP contribution in [0.3, 0.4) is 0 Å². The molecule has 1 aromatic heterocycles. The van der Waals surface area contributed by atoms with Gasteiger partial charge in [-0.3, -0.25) is 5.41 Å². The monoisotopic (exact) mass is 656 g/mol. The molecule has 0 unspecified atom stereocenters. The van der Waals surface area contributed by atoms with Crippen molar-refractivity contribution in [2.45, 2.75) is 18.8 Å². The Morgan fingerprint density at radius 2 is 1.29 bits per heavy atom. The lowest BCUT2D eigenvalue weighted by molar-refractivity contribution is 0.561. The van der Waals surface area contributed by atoms with Gasteiger partial charge >= 0.3 is 0 Å². The van der Waals surface area contributed by atoms with E-state index in [0.717, 1.165) is 34.3 Å². The van der Waals surface area contributed by atoms with E-state index in [1.54, 1.807) is 0 Å². The van der Waals surface area contributed by atoms with E-state index in [4.69, 9.17) is 15.6 Å². The third kappa shape index (κ3) is 4.69. The number of amidine groups is 1. The molecule has 2 aliphatic carbocycles. The maximum Gasteiger partial charge on any atom is 0.134 e. The molecule has 244 valence electrons. The molecular weight excluding hydrogens is 621 g/mol. The zero-order valence-corrected chi connectivity index (χ0v) is 28.4. The molecule has 0 radical (unpaired) electrons. The van der Waals surface area contributed by atoms with E-state index in [1.807, 2.05) is 43.3 Å². The Kier molecular flexibility index (Phi) is 7.29. The van der Waals surface area contributed by atoms with E-state index in [2.05, 4.69) is 133 Å². The predicted octanol–water partition coefficient (Wildman–Crippen LogP) is 11.6. The molecule has 2 aliphatic rings. The van der Waals surface area contributed by atoms with Gasteiger partial charge in [0.05, 0.1) is 5.41 Å². The van der Waals surface area contributed by atoms with Crippen LogP contribution >= 0.6 is 0 Å². The van der Waals surface area contributed by atoms with Crippen molar-refractivity contribution in [3.63, 3.8) is 0 Å². The number of fused-ring (bicyclic) bond motifs is 8. The Morgan fingerprint density at radius 3 is 2.00 bits per heavy atom. The molecule has 1 spiro atoms. The highest BCUT2D eigenvalue weighted by Crippen LogP contribution is 2.62. The van der Waals surface area contributed by atoms with Crippen LogP contribution in [0.2, 0.25) is 0 Å². The van der Waals surface area contributed by atoms with E-state index in [1.165, 1.54) is 60.5 Å². The van der Waals surface area contributed by atoms with Gasteiger partial charge in [0.25, 0.3) is 0 Å². The Labute approximate surface area is 297 Å². The summed E-state index contributed by atoms with van der Waals surface area (Å²) in [7, 11) is 0. The summed E-state index contributed by atoms with van der Waals surface area (Å²) in [5, 5.41) is 13.6. The Hall–Kier alpha value is -6.45. The molecule has 0 atom stereocenters. The quantitative estimate of drug-likeness (QED) is 0.0838. The number of para-hydroxylation sites is 1. The fraction of sp³-hybridized carbons (Fsp3) is 0.0625. The molecule has 0 amide bonds. The second-order valence-electron chi connectivity index (χ2n) is 13.3. The molecule has 0 aliphatic heterocycles. The van der Waals surface area contributed by atoms with Crippen molar-refractivity contribution in [1.82, 2.24) is 0 Å². The van der Waals surface area contributed by atoms with Crippen LogP contribution in [0.25, 0.3) is 49.7 Å². The fourth-order valence-electron chi connectivity index (χ4n) is 8.44.